The van der Waals surface area contributed by atoms with Crippen LogP contribution in [0.1, 0.15) is 26.2 Å². The van der Waals surface area contributed by atoms with Gasteiger partial charge in [0.05, 0.1) is 0 Å². The Balaban J connectivity index is 2.55. The van der Waals surface area contributed by atoms with Gasteiger partial charge in [0.25, 0.3) is 0 Å². The van der Waals surface area contributed by atoms with Crippen LogP contribution in [-0.4, -0.2) is 78.1 Å². The van der Waals surface area contributed by atoms with Gasteiger partial charge in [0, 0.05) is 19.6 Å². The van der Waals surface area contributed by atoms with Crippen LogP contribution in [0.2, 0.25) is 0 Å². The number of hydrogen-bond acceptors (Lipinski definition) is 3. The van der Waals surface area contributed by atoms with Gasteiger partial charge in [-0.2, -0.15) is 0 Å². The summed E-state index contributed by atoms with van der Waals surface area (Å²) in [6, 6.07) is -0.776. The third kappa shape index (κ3) is 4.38. The molecule has 19 heavy (non-hydrogen) atoms. The minimum absolute atomic E-state index is 0.133. The second-order valence-electron chi connectivity index (χ2n) is 5.21. The Kier molecular flexibility index (Phi) is 6.08. The molecule has 6 nitrogen and oxygen atoms in total. The van der Waals surface area contributed by atoms with Crippen LogP contribution >= 0.6 is 0 Å². The minimum atomic E-state index is -0.893. The highest BCUT2D eigenvalue weighted by atomic mass is 16.4. The lowest BCUT2D eigenvalue weighted by molar-refractivity contribution is -0.141. The number of nitrogens with zero attached hydrogens (tertiary/aromatic N) is 3. The Morgan fingerprint density at radius 2 is 2.00 bits per heavy atom. The van der Waals surface area contributed by atoms with E-state index in [1.165, 1.54) is 4.90 Å². The molecule has 1 atom stereocenters. The molecule has 1 rings (SSSR count). The van der Waals surface area contributed by atoms with E-state index in [1.54, 1.807) is 4.90 Å². The summed E-state index contributed by atoms with van der Waals surface area (Å²) in [5, 5.41) is 9.12. The highest BCUT2D eigenvalue weighted by Crippen LogP contribution is 2.19. The number of hydrogen-bond donors (Lipinski definition) is 1. The second-order valence-corrected chi connectivity index (χ2v) is 5.21. The van der Waals surface area contributed by atoms with Crippen LogP contribution in [0, 0.1) is 0 Å². The van der Waals surface area contributed by atoms with Crippen LogP contribution in [0.25, 0.3) is 0 Å². The monoisotopic (exact) mass is 271 g/mol. The highest BCUT2D eigenvalue weighted by molar-refractivity contribution is 5.83. The van der Waals surface area contributed by atoms with Gasteiger partial charge in [0.2, 0.25) is 0 Å². The maximum absolute atomic E-state index is 12.3. The Bertz CT molecular complexity index is 320. The predicted molar refractivity (Wildman–Crippen MR) is 73.2 cm³/mol. The molecule has 0 unspecified atom stereocenters. The van der Waals surface area contributed by atoms with E-state index < -0.39 is 12.0 Å². The Morgan fingerprint density at radius 3 is 2.53 bits per heavy atom. The van der Waals surface area contributed by atoms with Gasteiger partial charge in [0.15, 0.2) is 0 Å². The lowest BCUT2D eigenvalue weighted by atomic mass is 10.2. The van der Waals surface area contributed by atoms with Crippen molar-refractivity contribution >= 4 is 12.0 Å². The summed E-state index contributed by atoms with van der Waals surface area (Å²) in [6.07, 6.45) is 2.24. The number of carboxylic acid groups (broad SMARTS) is 1. The number of carbonyl (C=O) groups excluding carboxylic acids is 1. The third-order valence-corrected chi connectivity index (χ3v) is 3.47. The molecule has 1 saturated heterocycles. The number of urea groups is 1. The SMILES string of the molecule is CCN(CCCN(C)C)C(=O)N1CCC[C@@H]1C(=O)O. The van der Waals surface area contributed by atoms with Crippen LogP contribution in [0.3, 0.4) is 0 Å². The van der Waals surface area contributed by atoms with Crippen LogP contribution in [0.5, 0.6) is 0 Å². The minimum Gasteiger partial charge on any atom is -0.480 e. The zero-order valence-electron chi connectivity index (χ0n) is 12.1. The molecule has 1 aliphatic rings. The van der Waals surface area contributed by atoms with E-state index in [1.807, 2.05) is 21.0 Å². The van der Waals surface area contributed by atoms with Crippen molar-refractivity contribution in [3.8, 4) is 0 Å². The smallest absolute Gasteiger partial charge is 0.326 e. The van der Waals surface area contributed by atoms with Gasteiger partial charge in [0.1, 0.15) is 6.04 Å². The number of likely N-dealkylation sites (tertiary alicyclic amines) is 1. The lowest BCUT2D eigenvalue weighted by Crippen LogP contribution is -2.48. The van der Waals surface area contributed by atoms with Crippen LogP contribution in [0.4, 0.5) is 4.79 Å². The first-order valence-electron chi connectivity index (χ1n) is 6.90. The first kappa shape index (κ1) is 15.8. The van der Waals surface area contributed by atoms with E-state index in [0.717, 1.165) is 19.4 Å². The van der Waals surface area contributed by atoms with Gasteiger partial charge in [-0.3, -0.25) is 0 Å². The number of carboxylic acids is 1. The molecule has 6 heteroatoms. The second kappa shape index (κ2) is 7.33. The summed E-state index contributed by atoms with van der Waals surface area (Å²) in [4.78, 5) is 28.8. The third-order valence-electron chi connectivity index (χ3n) is 3.47. The Hall–Kier alpha value is -1.30. The Labute approximate surface area is 115 Å². The zero-order chi connectivity index (χ0) is 14.4. The number of carbonyl (C=O) groups is 2. The van der Waals surface area contributed by atoms with Gasteiger partial charge in [-0.05, 0) is 46.8 Å². The lowest BCUT2D eigenvalue weighted by Gasteiger charge is -2.29. The zero-order valence-corrected chi connectivity index (χ0v) is 12.1. The molecule has 0 aromatic heterocycles. The highest BCUT2D eigenvalue weighted by Gasteiger charge is 2.35. The van der Waals surface area contributed by atoms with Crippen molar-refractivity contribution in [2.75, 3.05) is 40.3 Å². The molecule has 0 aromatic rings. The van der Waals surface area contributed by atoms with Crippen molar-refractivity contribution in [2.45, 2.75) is 32.2 Å². The molecular weight excluding hydrogens is 246 g/mol. The van der Waals surface area contributed by atoms with E-state index in [-0.39, 0.29) is 6.03 Å². The summed E-state index contributed by atoms with van der Waals surface area (Å²) in [7, 11) is 4.00. The summed E-state index contributed by atoms with van der Waals surface area (Å²) in [5.74, 6) is -0.893. The van der Waals surface area contributed by atoms with E-state index in [2.05, 4.69) is 4.90 Å². The fourth-order valence-corrected chi connectivity index (χ4v) is 2.40. The van der Waals surface area contributed by atoms with Crippen molar-refractivity contribution < 1.29 is 14.7 Å². The number of rotatable bonds is 6. The summed E-state index contributed by atoms with van der Waals surface area (Å²) in [5.41, 5.74) is 0. The van der Waals surface area contributed by atoms with Gasteiger partial charge < -0.3 is 19.8 Å². The maximum Gasteiger partial charge on any atom is 0.326 e. The molecule has 1 aliphatic heterocycles. The molecule has 0 spiro atoms. The molecule has 0 bridgehead atoms. The molecular formula is C13H25N3O3. The van der Waals surface area contributed by atoms with E-state index in [0.29, 0.717) is 26.1 Å². The predicted octanol–water partition coefficient (Wildman–Crippen LogP) is 0.929. The van der Waals surface area contributed by atoms with Crippen LogP contribution < -0.4 is 0 Å². The van der Waals surface area contributed by atoms with Crippen molar-refractivity contribution in [3.05, 3.63) is 0 Å². The normalized spacial score (nSPS) is 18.9. The Morgan fingerprint density at radius 1 is 1.32 bits per heavy atom. The summed E-state index contributed by atoms with van der Waals surface area (Å²) in [6.45, 7) is 4.71. The molecule has 0 aromatic carbocycles. The molecule has 0 saturated carbocycles. The van der Waals surface area contributed by atoms with Crippen molar-refractivity contribution in [3.63, 3.8) is 0 Å². The first-order chi connectivity index (χ1) is 8.97. The fraction of sp³-hybridized carbons (Fsp3) is 0.846. The van der Waals surface area contributed by atoms with Crippen molar-refractivity contribution in [2.24, 2.45) is 0 Å². The van der Waals surface area contributed by atoms with E-state index in [9.17, 15) is 9.59 Å². The fourth-order valence-electron chi connectivity index (χ4n) is 2.40. The summed E-state index contributed by atoms with van der Waals surface area (Å²) < 4.78 is 0. The molecule has 1 N–H and O–H groups in total. The van der Waals surface area contributed by atoms with Gasteiger partial charge in [-0.15, -0.1) is 0 Å². The molecule has 1 heterocycles. The topological polar surface area (TPSA) is 64.1 Å². The standard InChI is InChI=1S/C13H25N3O3/c1-4-15(9-6-8-14(2)3)13(19)16-10-5-7-11(16)12(17)18/h11H,4-10H2,1-3H3,(H,17,18)/t11-/m1/s1. The van der Waals surface area contributed by atoms with Crippen molar-refractivity contribution in [1.82, 2.24) is 14.7 Å². The first-order valence-corrected chi connectivity index (χ1v) is 6.90. The maximum atomic E-state index is 12.3. The van der Waals surface area contributed by atoms with Crippen LogP contribution in [0.15, 0.2) is 0 Å². The molecule has 1 fully saturated rings. The van der Waals surface area contributed by atoms with Gasteiger partial charge in [-0.25, -0.2) is 9.59 Å². The quantitative estimate of drug-likeness (QED) is 0.780. The molecule has 2 amide bonds. The number of aliphatic carboxylic acids is 1. The van der Waals surface area contributed by atoms with E-state index >= 15 is 0 Å². The molecule has 0 radical (unpaired) electrons. The van der Waals surface area contributed by atoms with Crippen LogP contribution in [-0.2, 0) is 4.79 Å². The molecule has 110 valence electrons. The average molecular weight is 271 g/mol. The number of amides is 2. The van der Waals surface area contributed by atoms with Crippen molar-refractivity contribution in [1.29, 1.82) is 0 Å². The van der Waals surface area contributed by atoms with Gasteiger partial charge >= 0.3 is 12.0 Å². The van der Waals surface area contributed by atoms with E-state index in [4.69, 9.17) is 5.11 Å². The summed E-state index contributed by atoms with van der Waals surface area (Å²) >= 11 is 0. The average Bonchev–Trinajstić information content (AvgIpc) is 2.82. The van der Waals surface area contributed by atoms with Gasteiger partial charge in [-0.1, -0.05) is 0 Å². The molecule has 0 aliphatic carbocycles. The largest absolute Gasteiger partial charge is 0.480 e.